The van der Waals surface area contributed by atoms with Gasteiger partial charge in [0.2, 0.25) is 0 Å². The molecule has 2 rings (SSSR count). The van der Waals surface area contributed by atoms with Gasteiger partial charge in [-0.25, -0.2) is 0 Å². The normalized spacial score (nSPS) is 22.0. The number of amides is 1. The monoisotopic (exact) mass is 306 g/mol. The highest BCUT2D eigenvalue weighted by Gasteiger charge is 2.32. The summed E-state index contributed by atoms with van der Waals surface area (Å²) in [6, 6.07) is 8.20. The Kier molecular flexibility index (Phi) is 6.12. The van der Waals surface area contributed by atoms with Crippen LogP contribution in [0.15, 0.2) is 29.2 Å². The van der Waals surface area contributed by atoms with Gasteiger partial charge >= 0.3 is 0 Å². The molecule has 1 aromatic rings. The number of hydrogen-bond acceptors (Lipinski definition) is 3. The van der Waals surface area contributed by atoms with Gasteiger partial charge < -0.3 is 10.6 Å². The number of thioether (sulfide) groups is 1. The molecule has 1 amide bonds. The fourth-order valence-electron chi connectivity index (χ4n) is 3.38. The van der Waals surface area contributed by atoms with E-state index in [0.29, 0.717) is 18.5 Å². The van der Waals surface area contributed by atoms with Gasteiger partial charge in [0.15, 0.2) is 0 Å². The quantitative estimate of drug-likeness (QED) is 0.848. The summed E-state index contributed by atoms with van der Waals surface area (Å²) in [4.78, 5) is 16.1. The smallest absolute Gasteiger partial charge is 0.255 e. The summed E-state index contributed by atoms with van der Waals surface area (Å²) in [5.41, 5.74) is 6.77. The third-order valence-corrected chi connectivity index (χ3v) is 5.31. The summed E-state index contributed by atoms with van der Waals surface area (Å²) >= 11 is 1.63. The predicted octanol–water partition coefficient (Wildman–Crippen LogP) is 3.39. The molecule has 0 aliphatic heterocycles. The van der Waals surface area contributed by atoms with Gasteiger partial charge in [0.1, 0.15) is 0 Å². The van der Waals surface area contributed by atoms with Crippen molar-refractivity contribution >= 4 is 17.7 Å². The molecule has 1 aliphatic carbocycles. The zero-order valence-corrected chi connectivity index (χ0v) is 13.9. The third-order valence-electron chi connectivity index (χ3n) is 4.51. The highest BCUT2D eigenvalue weighted by Crippen LogP contribution is 2.30. The van der Waals surface area contributed by atoms with E-state index in [-0.39, 0.29) is 5.91 Å². The highest BCUT2D eigenvalue weighted by atomic mass is 32.2. The number of benzene rings is 1. The van der Waals surface area contributed by atoms with Crippen LogP contribution in [-0.4, -0.2) is 36.2 Å². The Labute approximate surface area is 132 Å². The first-order valence-electron chi connectivity index (χ1n) is 7.87. The van der Waals surface area contributed by atoms with Crippen LogP contribution in [0.25, 0.3) is 0 Å². The minimum absolute atomic E-state index is 0.160. The van der Waals surface area contributed by atoms with Gasteiger partial charge in [0.05, 0.1) is 5.56 Å². The van der Waals surface area contributed by atoms with E-state index in [4.69, 9.17) is 5.73 Å². The van der Waals surface area contributed by atoms with Crippen LogP contribution in [0.5, 0.6) is 0 Å². The zero-order chi connectivity index (χ0) is 15.2. The standard InChI is InChI=1S/C17H26N2OS/c1-3-19(15-10-6-4-8-13(15)12-18)17(20)14-9-5-7-11-16(14)21-2/h5,7,9,11,13,15H,3-4,6,8,10,12,18H2,1-2H3. The summed E-state index contributed by atoms with van der Waals surface area (Å²) < 4.78 is 0. The van der Waals surface area contributed by atoms with Crippen LogP contribution in [-0.2, 0) is 0 Å². The molecule has 1 aliphatic rings. The van der Waals surface area contributed by atoms with Crippen molar-refractivity contribution < 1.29 is 4.79 Å². The number of carbonyl (C=O) groups is 1. The van der Waals surface area contributed by atoms with Crippen molar-refractivity contribution in [3.05, 3.63) is 29.8 Å². The number of rotatable bonds is 5. The number of carbonyl (C=O) groups excluding carboxylic acids is 1. The third kappa shape index (κ3) is 3.61. The Morgan fingerprint density at radius 1 is 1.33 bits per heavy atom. The fourth-order valence-corrected chi connectivity index (χ4v) is 3.97. The van der Waals surface area contributed by atoms with Crippen LogP contribution in [0.3, 0.4) is 0 Å². The minimum Gasteiger partial charge on any atom is -0.336 e. The Bertz CT molecular complexity index is 478. The molecule has 0 aromatic heterocycles. The van der Waals surface area contributed by atoms with E-state index in [1.54, 1.807) is 11.8 Å². The van der Waals surface area contributed by atoms with Crippen molar-refractivity contribution in [1.29, 1.82) is 0 Å². The first-order valence-corrected chi connectivity index (χ1v) is 9.09. The second kappa shape index (κ2) is 7.85. The van der Waals surface area contributed by atoms with Crippen molar-refractivity contribution in [2.24, 2.45) is 11.7 Å². The summed E-state index contributed by atoms with van der Waals surface area (Å²) in [5.74, 6) is 0.608. The van der Waals surface area contributed by atoms with E-state index in [1.165, 1.54) is 12.8 Å². The second-order valence-electron chi connectivity index (χ2n) is 5.64. The van der Waals surface area contributed by atoms with E-state index >= 15 is 0 Å². The van der Waals surface area contributed by atoms with Crippen molar-refractivity contribution in [1.82, 2.24) is 4.90 Å². The van der Waals surface area contributed by atoms with E-state index in [9.17, 15) is 4.79 Å². The first-order chi connectivity index (χ1) is 10.2. The van der Waals surface area contributed by atoms with Gasteiger partial charge in [0, 0.05) is 17.5 Å². The van der Waals surface area contributed by atoms with Gasteiger partial charge in [-0.2, -0.15) is 0 Å². The van der Waals surface area contributed by atoms with Crippen LogP contribution >= 0.6 is 11.8 Å². The Morgan fingerprint density at radius 2 is 2.05 bits per heavy atom. The molecule has 4 heteroatoms. The molecule has 0 heterocycles. The molecule has 1 aromatic carbocycles. The molecule has 2 N–H and O–H groups in total. The molecule has 2 unspecified atom stereocenters. The maximum Gasteiger partial charge on any atom is 0.255 e. The van der Waals surface area contributed by atoms with Crippen LogP contribution in [0, 0.1) is 5.92 Å². The van der Waals surface area contributed by atoms with Crippen LogP contribution in [0.1, 0.15) is 43.0 Å². The average molecular weight is 306 g/mol. The van der Waals surface area contributed by atoms with Crippen molar-refractivity contribution in [2.45, 2.75) is 43.5 Å². The lowest BCUT2D eigenvalue weighted by Crippen LogP contribution is -2.48. The van der Waals surface area contributed by atoms with Crippen molar-refractivity contribution in [3.8, 4) is 0 Å². The summed E-state index contributed by atoms with van der Waals surface area (Å²) in [5, 5.41) is 0. The topological polar surface area (TPSA) is 46.3 Å². The van der Waals surface area contributed by atoms with Crippen LogP contribution in [0.4, 0.5) is 0 Å². The van der Waals surface area contributed by atoms with Gasteiger partial charge in [-0.3, -0.25) is 4.79 Å². The Hall–Kier alpha value is -1.00. The minimum atomic E-state index is 0.160. The van der Waals surface area contributed by atoms with Gasteiger partial charge in [-0.05, 0) is 50.6 Å². The summed E-state index contributed by atoms with van der Waals surface area (Å²) in [6.07, 6.45) is 6.70. The summed E-state index contributed by atoms with van der Waals surface area (Å²) in [7, 11) is 0. The lowest BCUT2D eigenvalue weighted by atomic mass is 9.83. The van der Waals surface area contributed by atoms with Crippen LogP contribution in [0.2, 0.25) is 0 Å². The van der Waals surface area contributed by atoms with Crippen LogP contribution < -0.4 is 5.73 Å². The van der Waals surface area contributed by atoms with E-state index in [0.717, 1.165) is 29.8 Å². The number of hydrogen-bond donors (Lipinski definition) is 1. The molecule has 0 bridgehead atoms. The van der Waals surface area contributed by atoms with Crippen molar-refractivity contribution in [2.75, 3.05) is 19.3 Å². The molecule has 0 spiro atoms. The molecule has 116 valence electrons. The van der Waals surface area contributed by atoms with Crippen molar-refractivity contribution in [3.63, 3.8) is 0 Å². The largest absolute Gasteiger partial charge is 0.336 e. The van der Waals surface area contributed by atoms with Gasteiger partial charge in [-0.15, -0.1) is 11.8 Å². The fraction of sp³-hybridized carbons (Fsp3) is 0.588. The SMILES string of the molecule is CCN(C(=O)c1ccccc1SC)C1CCCCC1CN. The molecule has 1 fully saturated rings. The molecule has 3 nitrogen and oxygen atoms in total. The molecular formula is C17H26N2OS. The van der Waals surface area contributed by atoms with Gasteiger partial charge in [0.25, 0.3) is 5.91 Å². The molecular weight excluding hydrogens is 280 g/mol. The average Bonchev–Trinajstić information content (AvgIpc) is 2.55. The molecule has 21 heavy (non-hydrogen) atoms. The van der Waals surface area contributed by atoms with E-state index < -0.39 is 0 Å². The van der Waals surface area contributed by atoms with E-state index in [2.05, 4.69) is 6.92 Å². The second-order valence-corrected chi connectivity index (χ2v) is 6.49. The molecule has 0 saturated heterocycles. The Morgan fingerprint density at radius 3 is 2.71 bits per heavy atom. The number of nitrogens with two attached hydrogens (primary N) is 1. The maximum atomic E-state index is 13.0. The lowest BCUT2D eigenvalue weighted by Gasteiger charge is -2.39. The zero-order valence-electron chi connectivity index (χ0n) is 13.0. The summed E-state index contributed by atoms with van der Waals surface area (Å²) in [6.45, 7) is 3.50. The first kappa shape index (κ1) is 16.4. The highest BCUT2D eigenvalue weighted by molar-refractivity contribution is 7.98. The molecule has 0 radical (unpaired) electrons. The lowest BCUT2D eigenvalue weighted by molar-refractivity contribution is 0.0556. The van der Waals surface area contributed by atoms with E-state index in [1.807, 2.05) is 35.4 Å². The maximum absolute atomic E-state index is 13.0. The predicted molar refractivity (Wildman–Crippen MR) is 89.7 cm³/mol. The molecule has 2 atom stereocenters. The molecule has 1 saturated carbocycles. The van der Waals surface area contributed by atoms with Gasteiger partial charge in [-0.1, -0.05) is 25.0 Å². The Balaban J connectivity index is 2.25. The number of nitrogens with zero attached hydrogens (tertiary/aromatic N) is 1.